The van der Waals surface area contributed by atoms with Gasteiger partial charge in [-0.1, -0.05) is 0 Å². The molecule has 1 aliphatic heterocycles. The van der Waals surface area contributed by atoms with Crippen molar-refractivity contribution < 1.29 is 23.0 Å². The molecule has 0 amide bonds. The Bertz CT molecular complexity index is 820. The molecular weight excluding hydrogens is 434 g/mol. The molecule has 1 aromatic carbocycles. The highest BCUT2D eigenvalue weighted by molar-refractivity contribution is 9.11. The fourth-order valence-electron chi connectivity index (χ4n) is 2.54. The number of carbonyl (C=O) groups is 1. The second-order valence-electron chi connectivity index (χ2n) is 5.04. The lowest BCUT2D eigenvalue weighted by molar-refractivity contribution is 0.0600. The standard InChI is InChI=1S/C14H14BrN3O5S2/c1-22-11-5-8(13(19)23-2)3-4-10(11)18(25(20)21)17-6-9-12(7-17)24-14(15)16-9/h3-5H,6-7H2,1-2H3,(H,20,21). The molecule has 1 N–H and O–H groups in total. The number of anilines is 1. The molecule has 11 heteroatoms. The number of thiazole rings is 1. The Morgan fingerprint density at radius 3 is 2.80 bits per heavy atom. The highest BCUT2D eigenvalue weighted by Gasteiger charge is 2.32. The number of halogens is 1. The van der Waals surface area contributed by atoms with Gasteiger partial charge in [-0.2, -0.15) is 9.42 Å². The number of aromatic nitrogens is 1. The molecular formula is C14H14BrN3O5S2. The van der Waals surface area contributed by atoms with Crippen LogP contribution in [-0.4, -0.2) is 38.9 Å². The average Bonchev–Trinajstić information content (AvgIpc) is 3.11. The fraction of sp³-hybridized carbons (Fsp3) is 0.286. The number of carbonyl (C=O) groups excluding carboxylic acids is 1. The number of methoxy groups -OCH3 is 2. The van der Waals surface area contributed by atoms with E-state index in [1.54, 1.807) is 11.1 Å². The van der Waals surface area contributed by atoms with Gasteiger partial charge in [-0.05, 0) is 34.1 Å². The van der Waals surface area contributed by atoms with E-state index in [1.807, 2.05) is 0 Å². The van der Waals surface area contributed by atoms with E-state index in [-0.39, 0.29) is 11.3 Å². The molecule has 1 aromatic heterocycles. The zero-order chi connectivity index (χ0) is 18.1. The van der Waals surface area contributed by atoms with Crippen LogP contribution >= 0.6 is 27.3 Å². The van der Waals surface area contributed by atoms with Crippen LogP contribution in [0.25, 0.3) is 0 Å². The van der Waals surface area contributed by atoms with Crippen LogP contribution in [0.1, 0.15) is 20.9 Å². The fourth-order valence-corrected chi connectivity index (χ4v) is 4.77. The van der Waals surface area contributed by atoms with Gasteiger partial charge >= 0.3 is 5.97 Å². The summed E-state index contributed by atoms with van der Waals surface area (Å²) in [6.07, 6.45) is 0. The van der Waals surface area contributed by atoms with E-state index in [0.29, 0.717) is 18.8 Å². The third-order valence-corrected chi connectivity index (χ3v) is 5.88. The van der Waals surface area contributed by atoms with Crippen LogP contribution in [0.2, 0.25) is 0 Å². The third-order valence-electron chi connectivity index (χ3n) is 3.62. The number of esters is 1. The molecule has 0 radical (unpaired) electrons. The molecule has 1 atom stereocenters. The molecule has 2 aromatic rings. The van der Waals surface area contributed by atoms with E-state index >= 15 is 0 Å². The zero-order valence-electron chi connectivity index (χ0n) is 13.3. The predicted octanol–water partition coefficient (Wildman–Crippen LogP) is 2.57. The number of nitrogens with zero attached hydrogens (tertiary/aromatic N) is 3. The van der Waals surface area contributed by atoms with Crippen LogP contribution in [0.15, 0.2) is 22.1 Å². The lowest BCUT2D eigenvalue weighted by Gasteiger charge is -2.30. The molecule has 0 saturated heterocycles. The minimum absolute atomic E-state index is 0.287. The first-order chi connectivity index (χ1) is 11.9. The number of ether oxygens (including phenoxy) is 2. The Balaban J connectivity index is 1.95. The molecule has 0 bridgehead atoms. The second-order valence-corrected chi connectivity index (χ2v) is 8.21. The molecule has 1 aliphatic rings. The topological polar surface area (TPSA) is 92.2 Å². The van der Waals surface area contributed by atoms with E-state index in [9.17, 15) is 13.6 Å². The van der Waals surface area contributed by atoms with E-state index in [2.05, 4.69) is 25.7 Å². The monoisotopic (exact) mass is 447 g/mol. The number of hydrazine groups is 1. The van der Waals surface area contributed by atoms with Gasteiger partial charge in [0.05, 0.1) is 38.6 Å². The Hall–Kier alpha value is -1.53. The van der Waals surface area contributed by atoms with E-state index in [4.69, 9.17) is 4.74 Å². The maximum Gasteiger partial charge on any atom is 0.337 e. The van der Waals surface area contributed by atoms with Gasteiger partial charge in [0.1, 0.15) is 11.4 Å². The predicted molar refractivity (Wildman–Crippen MR) is 96.6 cm³/mol. The molecule has 0 fully saturated rings. The Labute approximate surface area is 158 Å². The third kappa shape index (κ3) is 3.55. The number of hydrogen-bond donors (Lipinski definition) is 1. The summed E-state index contributed by atoms with van der Waals surface area (Å²) in [4.78, 5) is 17.1. The lowest BCUT2D eigenvalue weighted by atomic mass is 10.2. The molecule has 8 nitrogen and oxygen atoms in total. The molecule has 0 aliphatic carbocycles. The lowest BCUT2D eigenvalue weighted by Crippen LogP contribution is -2.40. The SMILES string of the molecule is COC(=O)c1ccc(N(N2Cc3nc(Br)sc3C2)S(=O)O)c(OC)c1. The van der Waals surface area contributed by atoms with Crippen molar-refractivity contribution in [1.82, 2.24) is 9.99 Å². The largest absolute Gasteiger partial charge is 0.494 e. The summed E-state index contributed by atoms with van der Waals surface area (Å²) < 4.78 is 33.8. The molecule has 2 heterocycles. The van der Waals surface area contributed by atoms with Crippen molar-refractivity contribution in [3.8, 4) is 5.75 Å². The summed E-state index contributed by atoms with van der Waals surface area (Å²) in [5, 5.41) is 1.70. The normalized spacial score (nSPS) is 14.9. The highest BCUT2D eigenvalue weighted by atomic mass is 79.9. The highest BCUT2D eigenvalue weighted by Crippen LogP contribution is 2.37. The first-order valence-electron chi connectivity index (χ1n) is 7.01. The minimum Gasteiger partial charge on any atom is -0.494 e. The van der Waals surface area contributed by atoms with Gasteiger partial charge < -0.3 is 9.47 Å². The molecule has 0 spiro atoms. The van der Waals surface area contributed by atoms with Gasteiger partial charge in [0.15, 0.2) is 3.92 Å². The average molecular weight is 448 g/mol. The van der Waals surface area contributed by atoms with Crippen molar-refractivity contribution in [1.29, 1.82) is 0 Å². The maximum absolute atomic E-state index is 12.0. The van der Waals surface area contributed by atoms with Crippen LogP contribution in [0.4, 0.5) is 5.69 Å². The van der Waals surface area contributed by atoms with Crippen LogP contribution < -0.4 is 9.15 Å². The Morgan fingerprint density at radius 1 is 1.44 bits per heavy atom. The summed E-state index contributed by atoms with van der Waals surface area (Å²) in [6, 6.07) is 4.54. The van der Waals surface area contributed by atoms with Gasteiger partial charge in [0.25, 0.3) is 11.3 Å². The summed E-state index contributed by atoms with van der Waals surface area (Å²) in [6.45, 7) is 0.846. The van der Waals surface area contributed by atoms with Gasteiger partial charge in [0.2, 0.25) is 0 Å². The smallest absolute Gasteiger partial charge is 0.337 e. The zero-order valence-corrected chi connectivity index (χ0v) is 16.5. The second kappa shape index (κ2) is 7.38. The van der Waals surface area contributed by atoms with Gasteiger partial charge in [-0.15, -0.1) is 11.3 Å². The van der Waals surface area contributed by atoms with Gasteiger partial charge in [0, 0.05) is 4.88 Å². The summed E-state index contributed by atoms with van der Waals surface area (Å²) in [5.41, 5.74) is 1.51. The Kier molecular flexibility index (Phi) is 5.39. The van der Waals surface area contributed by atoms with Crippen LogP contribution in [0, 0.1) is 0 Å². The van der Waals surface area contributed by atoms with Crippen LogP contribution in [0.5, 0.6) is 5.75 Å². The van der Waals surface area contributed by atoms with Gasteiger partial charge in [-0.25, -0.2) is 14.0 Å². The van der Waals surface area contributed by atoms with Crippen molar-refractivity contribution in [2.24, 2.45) is 0 Å². The number of hydrogen-bond acceptors (Lipinski definition) is 7. The molecule has 25 heavy (non-hydrogen) atoms. The molecule has 3 rings (SSSR count). The quantitative estimate of drug-likeness (QED) is 0.555. The van der Waals surface area contributed by atoms with E-state index in [0.717, 1.165) is 14.5 Å². The number of rotatable bonds is 5. The van der Waals surface area contributed by atoms with Crippen molar-refractivity contribution >= 4 is 50.2 Å². The summed E-state index contributed by atoms with van der Waals surface area (Å²) >= 11 is 2.51. The molecule has 1 unspecified atom stereocenters. The van der Waals surface area contributed by atoms with Gasteiger partial charge in [-0.3, -0.25) is 4.55 Å². The van der Waals surface area contributed by atoms with E-state index < -0.39 is 17.2 Å². The minimum atomic E-state index is -2.32. The Morgan fingerprint density at radius 2 is 2.20 bits per heavy atom. The first kappa shape index (κ1) is 18.3. The summed E-state index contributed by atoms with van der Waals surface area (Å²) in [5.74, 6) is -0.228. The molecule has 134 valence electrons. The van der Waals surface area contributed by atoms with Crippen molar-refractivity contribution in [2.45, 2.75) is 13.1 Å². The number of benzene rings is 1. The number of fused-ring (bicyclic) bond motifs is 1. The van der Waals surface area contributed by atoms with Crippen LogP contribution in [-0.2, 0) is 29.1 Å². The van der Waals surface area contributed by atoms with Crippen molar-refractivity contribution in [3.05, 3.63) is 38.3 Å². The van der Waals surface area contributed by atoms with Crippen molar-refractivity contribution in [2.75, 3.05) is 18.6 Å². The molecule has 0 saturated carbocycles. The van der Waals surface area contributed by atoms with E-state index in [1.165, 1.54) is 42.1 Å². The van der Waals surface area contributed by atoms with Crippen LogP contribution in [0.3, 0.4) is 0 Å². The first-order valence-corrected chi connectivity index (χ1v) is 9.68. The maximum atomic E-state index is 12.0. The van der Waals surface area contributed by atoms with Crippen molar-refractivity contribution in [3.63, 3.8) is 0 Å². The summed E-state index contributed by atoms with van der Waals surface area (Å²) in [7, 11) is 2.71.